The summed E-state index contributed by atoms with van der Waals surface area (Å²) in [6.45, 7) is 6.55. The van der Waals surface area contributed by atoms with Gasteiger partial charge in [0.05, 0.1) is 29.5 Å². The number of benzene rings is 1. The summed E-state index contributed by atoms with van der Waals surface area (Å²) in [5, 5.41) is 7.79. The van der Waals surface area contributed by atoms with Crippen LogP contribution in [-0.4, -0.2) is 28.6 Å². The molecule has 3 N–H and O–H groups in total. The van der Waals surface area contributed by atoms with Gasteiger partial charge in [-0.15, -0.1) is 0 Å². The van der Waals surface area contributed by atoms with Crippen molar-refractivity contribution in [3.8, 4) is 0 Å². The molecule has 150 valence electrons. The zero-order chi connectivity index (χ0) is 20.9. The van der Waals surface area contributed by atoms with Crippen LogP contribution in [0.4, 0.5) is 30.6 Å². The van der Waals surface area contributed by atoms with E-state index in [2.05, 4.69) is 20.9 Å². The van der Waals surface area contributed by atoms with Crippen LogP contribution in [0.25, 0.3) is 0 Å². The number of hydrogen-bond acceptors (Lipinski definition) is 5. The van der Waals surface area contributed by atoms with Crippen LogP contribution in [0.3, 0.4) is 0 Å². The van der Waals surface area contributed by atoms with E-state index in [0.717, 1.165) is 12.3 Å². The van der Waals surface area contributed by atoms with E-state index in [-0.39, 0.29) is 5.69 Å². The second-order valence-electron chi connectivity index (χ2n) is 7.06. The Morgan fingerprint density at radius 3 is 2.43 bits per heavy atom. The first-order valence-electron chi connectivity index (χ1n) is 8.51. The SMILES string of the molecule is C[C@@H](NC(=O)OC(C)(C)C)C(=O)Nc1cc(F)ccc1Nc1cncc(F)c1. The van der Waals surface area contributed by atoms with Gasteiger partial charge in [0.1, 0.15) is 23.3 Å². The van der Waals surface area contributed by atoms with Crippen LogP contribution in [0.2, 0.25) is 0 Å². The summed E-state index contributed by atoms with van der Waals surface area (Å²) in [4.78, 5) is 27.9. The summed E-state index contributed by atoms with van der Waals surface area (Å²) in [5.74, 6) is -1.71. The lowest BCUT2D eigenvalue weighted by atomic mass is 10.2. The van der Waals surface area contributed by atoms with Gasteiger partial charge in [-0.3, -0.25) is 9.78 Å². The van der Waals surface area contributed by atoms with Crippen molar-refractivity contribution in [3.05, 3.63) is 48.3 Å². The first kappa shape index (κ1) is 21.1. The highest BCUT2D eigenvalue weighted by Crippen LogP contribution is 2.26. The number of ether oxygens (including phenoxy) is 1. The summed E-state index contributed by atoms with van der Waals surface area (Å²) in [7, 11) is 0. The Morgan fingerprint density at radius 2 is 1.79 bits per heavy atom. The van der Waals surface area contributed by atoms with Crippen molar-refractivity contribution in [3.63, 3.8) is 0 Å². The van der Waals surface area contributed by atoms with Crippen LogP contribution < -0.4 is 16.0 Å². The van der Waals surface area contributed by atoms with Crippen LogP contribution in [0.15, 0.2) is 36.7 Å². The van der Waals surface area contributed by atoms with Gasteiger partial charge in [0, 0.05) is 6.07 Å². The molecule has 0 aliphatic rings. The molecule has 7 nitrogen and oxygen atoms in total. The lowest BCUT2D eigenvalue weighted by Crippen LogP contribution is -2.44. The number of carbonyl (C=O) groups is 2. The van der Waals surface area contributed by atoms with E-state index in [9.17, 15) is 18.4 Å². The molecule has 0 saturated carbocycles. The van der Waals surface area contributed by atoms with Crippen molar-refractivity contribution in [2.45, 2.75) is 39.3 Å². The quantitative estimate of drug-likeness (QED) is 0.716. The summed E-state index contributed by atoms with van der Waals surface area (Å²) in [6, 6.07) is 3.94. The Labute approximate surface area is 161 Å². The van der Waals surface area contributed by atoms with Crippen LogP contribution in [-0.2, 0) is 9.53 Å². The summed E-state index contributed by atoms with van der Waals surface area (Å²) in [6.07, 6.45) is 1.67. The van der Waals surface area contributed by atoms with Crippen LogP contribution in [0, 0.1) is 11.6 Å². The van der Waals surface area contributed by atoms with Gasteiger partial charge in [0.2, 0.25) is 5.91 Å². The smallest absolute Gasteiger partial charge is 0.408 e. The highest BCUT2D eigenvalue weighted by atomic mass is 19.1. The maximum atomic E-state index is 13.7. The molecule has 9 heteroatoms. The first-order valence-corrected chi connectivity index (χ1v) is 8.51. The largest absolute Gasteiger partial charge is 0.444 e. The predicted molar refractivity (Wildman–Crippen MR) is 101 cm³/mol. The molecule has 0 bridgehead atoms. The minimum absolute atomic E-state index is 0.118. The van der Waals surface area contributed by atoms with Crippen LogP contribution >= 0.6 is 0 Å². The number of amides is 2. The van der Waals surface area contributed by atoms with Crippen LogP contribution in [0.1, 0.15) is 27.7 Å². The lowest BCUT2D eigenvalue weighted by Gasteiger charge is -2.22. The van der Waals surface area contributed by atoms with Gasteiger partial charge in [-0.25, -0.2) is 13.6 Å². The highest BCUT2D eigenvalue weighted by Gasteiger charge is 2.21. The normalized spacial score (nSPS) is 12.1. The number of pyridine rings is 1. The average molecular weight is 392 g/mol. The van der Waals surface area contributed by atoms with Gasteiger partial charge in [0.25, 0.3) is 0 Å². The van der Waals surface area contributed by atoms with Gasteiger partial charge in [-0.1, -0.05) is 0 Å². The zero-order valence-electron chi connectivity index (χ0n) is 16.0. The number of anilines is 3. The molecule has 28 heavy (non-hydrogen) atoms. The molecule has 1 heterocycles. The highest BCUT2D eigenvalue weighted by molar-refractivity contribution is 5.99. The third-order valence-corrected chi connectivity index (χ3v) is 3.35. The molecule has 0 saturated heterocycles. The Balaban J connectivity index is 2.10. The molecule has 1 aromatic carbocycles. The number of halogens is 2. The third-order valence-electron chi connectivity index (χ3n) is 3.35. The molecular formula is C19H22F2N4O3. The number of nitrogens with zero attached hydrogens (tertiary/aromatic N) is 1. The minimum Gasteiger partial charge on any atom is -0.444 e. The van der Waals surface area contributed by atoms with Crippen molar-refractivity contribution in [1.29, 1.82) is 0 Å². The molecule has 2 aromatic rings. The molecule has 0 unspecified atom stereocenters. The molecule has 1 atom stereocenters. The van der Waals surface area contributed by atoms with E-state index < -0.39 is 35.3 Å². The molecule has 0 radical (unpaired) electrons. The zero-order valence-corrected chi connectivity index (χ0v) is 16.0. The number of aromatic nitrogens is 1. The third kappa shape index (κ3) is 6.49. The van der Waals surface area contributed by atoms with E-state index in [0.29, 0.717) is 11.4 Å². The van der Waals surface area contributed by atoms with Crippen molar-refractivity contribution < 1.29 is 23.1 Å². The topological polar surface area (TPSA) is 92.3 Å². The Morgan fingerprint density at radius 1 is 1.07 bits per heavy atom. The average Bonchev–Trinajstić information content (AvgIpc) is 2.55. The Kier molecular flexibility index (Phi) is 6.50. The summed E-state index contributed by atoms with van der Waals surface area (Å²) >= 11 is 0. The van der Waals surface area contributed by atoms with Crippen molar-refractivity contribution in [2.24, 2.45) is 0 Å². The molecule has 0 spiro atoms. The number of carbonyl (C=O) groups excluding carboxylic acids is 2. The van der Waals surface area contributed by atoms with E-state index in [1.165, 1.54) is 31.3 Å². The number of rotatable bonds is 5. The molecule has 1 aromatic heterocycles. The summed E-state index contributed by atoms with van der Waals surface area (Å²) in [5.41, 5.74) is 0.0552. The molecule has 0 aliphatic carbocycles. The van der Waals surface area contributed by atoms with E-state index in [1.54, 1.807) is 20.8 Å². The van der Waals surface area contributed by atoms with E-state index >= 15 is 0 Å². The number of hydrogen-bond donors (Lipinski definition) is 3. The molecule has 2 amide bonds. The fourth-order valence-corrected chi connectivity index (χ4v) is 2.16. The van der Waals surface area contributed by atoms with Crippen molar-refractivity contribution in [2.75, 3.05) is 10.6 Å². The second kappa shape index (κ2) is 8.64. The minimum atomic E-state index is -0.943. The molecule has 0 fully saturated rings. The Hall–Kier alpha value is -3.23. The van der Waals surface area contributed by atoms with E-state index in [1.807, 2.05) is 0 Å². The fraction of sp³-hybridized carbons (Fsp3) is 0.316. The van der Waals surface area contributed by atoms with Gasteiger partial charge in [-0.2, -0.15) is 0 Å². The predicted octanol–water partition coefficient (Wildman–Crippen LogP) is 3.96. The van der Waals surface area contributed by atoms with Gasteiger partial charge < -0.3 is 20.7 Å². The number of nitrogens with one attached hydrogen (secondary N) is 3. The van der Waals surface area contributed by atoms with Crippen molar-refractivity contribution in [1.82, 2.24) is 10.3 Å². The fourth-order valence-electron chi connectivity index (χ4n) is 2.16. The van der Waals surface area contributed by atoms with Crippen molar-refractivity contribution >= 4 is 29.1 Å². The maximum Gasteiger partial charge on any atom is 0.408 e. The van der Waals surface area contributed by atoms with Gasteiger partial charge in [-0.05, 0) is 45.9 Å². The maximum absolute atomic E-state index is 13.7. The van der Waals surface area contributed by atoms with Gasteiger partial charge >= 0.3 is 6.09 Å². The molecule has 2 rings (SSSR count). The Bertz CT molecular complexity index is 868. The first-order chi connectivity index (χ1) is 13.0. The number of alkyl carbamates (subject to hydrolysis) is 1. The van der Waals surface area contributed by atoms with Gasteiger partial charge in [0.15, 0.2) is 0 Å². The van der Waals surface area contributed by atoms with E-state index in [4.69, 9.17) is 4.74 Å². The standard InChI is InChI=1S/C19H22F2N4O3/c1-11(23-18(27)28-19(2,3)4)17(26)25-16-8-12(20)5-6-15(16)24-14-7-13(21)9-22-10-14/h5-11,24H,1-4H3,(H,23,27)(H,25,26)/t11-/m1/s1. The monoisotopic (exact) mass is 392 g/mol. The van der Waals surface area contributed by atoms with Crippen LogP contribution in [0.5, 0.6) is 0 Å². The summed E-state index contributed by atoms with van der Waals surface area (Å²) < 4.78 is 32.1. The molecular weight excluding hydrogens is 370 g/mol. The second-order valence-corrected chi connectivity index (χ2v) is 7.06. The molecule has 0 aliphatic heterocycles. The lowest BCUT2D eigenvalue weighted by molar-refractivity contribution is -0.117.